The van der Waals surface area contributed by atoms with Crippen LogP contribution in [0, 0.1) is 5.82 Å². The lowest BCUT2D eigenvalue weighted by Gasteiger charge is -1.98. The summed E-state index contributed by atoms with van der Waals surface area (Å²) in [4.78, 5) is 1.33. The van der Waals surface area contributed by atoms with Crippen molar-refractivity contribution in [1.29, 1.82) is 0 Å². The fraction of sp³-hybridized carbons (Fsp3) is 0.333. The lowest BCUT2D eigenvalue weighted by molar-refractivity contribution is 0.628. The smallest absolute Gasteiger partial charge is 0.124 e. The Morgan fingerprint density at radius 1 is 1.14 bits per heavy atom. The maximum Gasteiger partial charge on any atom is 0.124 e. The highest BCUT2D eigenvalue weighted by Gasteiger charge is 2.06. The Morgan fingerprint density at radius 2 is 1.93 bits per heavy atom. The van der Waals surface area contributed by atoms with Crippen LogP contribution in [0.4, 0.5) is 4.39 Å². The number of hydrogen-bond donors (Lipinski definition) is 0. The molecule has 0 aliphatic rings. The predicted molar refractivity (Wildman–Crippen MR) is 60.5 cm³/mol. The summed E-state index contributed by atoms with van der Waals surface area (Å²) < 4.78 is 14.3. The van der Waals surface area contributed by atoms with Crippen molar-refractivity contribution < 1.29 is 4.39 Å². The van der Waals surface area contributed by atoms with Crippen molar-refractivity contribution >= 4 is 21.4 Å². The minimum absolute atomic E-state index is 0.112. The van der Waals surface area contributed by atoms with E-state index in [-0.39, 0.29) is 5.82 Å². The lowest BCUT2D eigenvalue weighted by Crippen LogP contribution is -1.83. The number of halogens is 1. The van der Waals surface area contributed by atoms with Crippen LogP contribution in [0.5, 0.6) is 0 Å². The van der Waals surface area contributed by atoms with Crippen LogP contribution in [0.3, 0.4) is 0 Å². The van der Waals surface area contributed by atoms with Gasteiger partial charge in [-0.3, -0.25) is 0 Å². The van der Waals surface area contributed by atoms with Crippen LogP contribution in [0.2, 0.25) is 0 Å². The zero-order chi connectivity index (χ0) is 10.1. The van der Waals surface area contributed by atoms with Gasteiger partial charge in [0.15, 0.2) is 0 Å². The Hall–Kier alpha value is -0.890. The minimum atomic E-state index is -0.112. The Bertz CT molecular complexity index is 457. The van der Waals surface area contributed by atoms with Crippen molar-refractivity contribution in [2.75, 3.05) is 0 Å². The first-order valence-electron chi connectivity index (χ1n) is 4.95. The summed E-state index contributed by atoms with van der Waals surface area (Å²) in [5.41, 5.74) is 1.12. The van der Waals surface area contributed by atoms with Crippen LogP contribution in [0.15, 0.2) is 18.2 Å². The molecule has 0 atom stereocenters. The van der Waals surface area contributed by atoms with E-state index in [1.54, 1.807) is 23.5 Å². The molecule has 0 saturated carbocycles. The van der Waals surface area contributed by atoms with Gasteiger partial charge >= 0.3 is 0 Å². The van der Waals surface area contributed by atoms with E-state index in [4.69, 9.17) is 0 Å². The number of aryl methyl sites for hydroxylation is 2. The molecule has 1 aromatic carbocycles. The van der Waals surface area contributed by atoms with E-state index < -0.39 is 0 Å². The van der Waals surface area contributed by atoms with Crippen molar-refractivity contribution in [1.82, 2.24) is 0 Å². The van der Waals surface area contributed by atoms with E-state index in [0.717, 1.165) is 23.1 Å². The molecule has 0 nitrogen and oxygen atoms in total. The van der Waals surface area contributed by atoms with Crippen LogP contribution in [-0.2, 0) is 12.8 Å². The van der Waals surface area contributed by atoms with Crippen LogP contribution in [-0.4, -0.2) is 0 Å². The van der Waals surface area contributed by atoms with Crippen molar-refractivity contribution in [3.05, 3.63) is 34.5 Å². The molecule has 2 rings (SSSR count). The molecule has 0 amide bonds. The molecule has 0 bridgehead atoms. The Morgan fingerprint density at radius 3 is 2.57 bits per heavy atom. The standard InChI is InChI=1S/C12H13FS/c1-3-8-5-9(13)6-12-11(8)7-10(4-2)14-12/h5-7H,3-4H2,1-2H3. The van der Waals surface area contributed by atoms with Gasteiger partial charge < -0.3 is 0 Å². The molecule has 0 fully saturated rings. The minimum Gasteiger partial charge on any atom is -0.207 e. The van der Waals surface area contributed by atoms with E-state index in [9.17, 15) is 4.39 Å². The highest BCUT2D eigenvalue weighted by molar-refractivity contribution is 7.19. The van der Waals surface area contributed by atoms with Gasteiger partial charge in [0.2, 0.25) is 0 Å². The summed E-state index contributed by atoms with van der Waals surface area (Å²) in [7, 11) is 0. The Kier molecular flexibility index (Phi) is 2.55. The second-order valence-corrected chi connectivity index (χ2v) is 4.56. The molecule has 0 spiro atoms. The van der Waals surface area contributed by atoms with E-state index >= 15 is 0 Å². The van der Waals surface area contributed by atoms with Gasteiger partial charge in [-0.1, -0.05) is 13.8 Å². The molecule has 2 aromatic rings. The van der Waals surface area contributed by atoms with Crippen LogP contribution in [0.1, 0.15) is 24.3 Å². The molecule has 74 valence electrons. The molecule has 0 aliphatic carbocycles. The van der Waals surface area contributed by atoms with Crippen molar-refractivity contribution in [3.63, 3.8) is 0 Å². The molecule has 0 radical (unpaired) electrons. The topological polar surface area (TPSA) is 0 Å². The fourth-order valence-corrected chi connectivity index (χ4v) is 2.77. The molecule has 0 aliphatic heterocycles. The first-order chi connectivity index (χ1) is 6.74. The van der Waals surface area contributed by atoms with Gasteiger partial charge in [0, 0.05) is 9.58 Å². The van der Waals surface area contributed by atoms with E-state index in [1.807, 2.05) is 0 Å². The second-order valence-electron chi connectivity index (χ2n) is 3.40. The summed E-state index contributed by atoms with van der Waals surface area (Å²) in [5, 5.41) is 1.23. The predicted octanol–water partition coefficient (Wildman–Crippen LogP) is 4.17. The average molecular weight is 208 g/mol. The number of hydrogen-bond acceptors (Lipinski definition) is 1. The Labute approximate surface area is 87.4 Å². The molecule has 0 saturated heterocycles. The normalized spacial score (nSPS) is 11.1. The van der Waals surface area contributed by atoms with E-state index in [1.165, 1.54) is 10.3 Å². The first-order valence-corrected chi connectivity index (χ1v) is 5.77. The SMILES string of the molecule is CCc1cc2c(CC)cc(F)cc2s1. The largest absolute Gasteiger partial charge is 0.207 e. The first kappa shape index (κ1) is 9.66. The molecule has 0 unspecified atom stereocenters. The van der Waals surface area contributed by atoms with Gasteiger partial charge in [0.1, 0.15) is 5.82 Å². The fourth-order valence-electron chi connectivity index (χ4n) is 1.69. The van der Waals surface area contributed by atoms with E-state index in [0.29, 0.717) is 0 Å². The van der Waals surface area contributed by atoms with Gasteiger partial charge in [-0.25, -0.2) is 4.39 Å². The van der Waals surface area contributed by atoms with Gasteiger partial charge in [-0.15, -0.1) is 11.3 Å². The summed E-state index contributed by atoms with van der Waals surface area (Å²) >= 11 is 1.70. The quantitative estimate of drug-likeness (QED) is 0.695. The summed E-state index contributed by atoms with van der Waals surface area (Å²) in [6.45, 7) is 4.20. The van der Waals surface area contributed by atoms with Gasteiger partial charge in [0.05, 0.1) is 0 Å². The molecule has 1 aromatic heterocycles. The molecule has 0 N–H and O–H groups in total. The molecular weight excluding hydrogens is 195 g/mol. The molecule has 14 heavy (non-hydrogen) atoms. The monoisotopic (exact) mass is 208 g/mol. The highest BCUT2D eigenvalue weighted by Crippen LogP contribution is 2.30. The summed E-state index contributed by atoms with van der Waals surface area (Å²) in [6, 6.07) is 5.48. The van der Waals surface area contributed by atoms with Crippen LogP contribution in [0.25, 0.3) is 10.1 Å². The number of benzene rings is 1. The highest BCUT2D eigenvalue weighted by atomic mass is 32.1. The molecule has 2 heteroatoms. The number of rotatable bonds is 2. The summed E-state index contributed by atoms with van der Waals surface area (Å²) in [6.07, 6.45) is 1.93. The third-order valence-corrected chi connectivity index (χ3v) is 3.69. The zero-order valence-electron chi connectivity index (χ0n) is 8.43. The third-order valence-electron chi connectivity index (χ3n) is 2.47. The van der Waals surface area contributed by atoms with Crippen LogP contribution < -0.4 is 0 Å². The van der Waals surface area contributed by atoms with Crippen molar-refractivity contribution in [2.45, 2.75) is 26.7 Å². The summed E-state index contributed by atoms with van der Waals surface area (Å²) in [5.74, 6) is -0.112. The van der Waals surface area contributed by atoms with Gasteiger partial charge in [-0.05, 0) is 42.0 Å². The van der Waals surface area contributed by atoms with Crippen LogP contribution >= 0.6 is 11.3 Å². The third kappa shape index (κ3) is 1.55. The number of fused-ring (bicyclic) bond motifs is 1. The second kappa shape index (κ2) is 3.70. The Balaban J connectivity index is 2.71. The van der Waals surface area contributed by atoms with E-state index in [2.05, 4.69) is 19.9 Å². The molecular formula is C12H13FS. The van der Waals surface area contributed by atoms with Crippen molar-refractivity contribution in [2.24, 2.45) is 0 Å². The maximum atomic E-state index is 13.2. The average Bonchev–Trinajstić information content (AvgIpc) is 2.59. The maximum absolute atomic E-state index is 13.2. The lowest BCUT2D eigenvalue weighted by atomic mass is 10.1. The molecule has 1 heterocycles. The van der Waals surface area contributed by atoms with Crippen molar-refractivity contribution in [3.8, 4) is 0 Å². The zero-order valence-corrected chi connectivity index (χ0v) is 9.25. The number of thiophene rings is 1. The van der Waals surface area contributed by atoms with Gasteiger partial charge in [0.25, 0.3) is 0 Å². The van der Waals surface area contributed by atoms with Gasteiger partial charge in [-0.2, -0.15) is 0 Å².